The Morgan fingerprint density at radius 1 is 1.45 bits per heavy atom. The van der Waals surface area contributed by atoms with Crippen molar-refractivity contribution < 1.29 is 0 Å². The van der Waals surface area contributed by atoms with Crippen LogP contribution >= 0.6 is 0 Å². The molecule has 2 rings (SSSR count). The van der Waals surface area contributed by atoms with E-state index in [0.717, 1.165) is 24.2 Å². The fourth-order valence-electron chi connectivity index (χ4n) is 1.48. The highest BCUT2D eigenvalue weighted by atomic mass is 14.9. The quantitative estimate of drug-likeness (QED) is 0.548. The molecule has 11 heavy (non-hydrogen) atoms. The molecule has 3 N–H and O–H groups in total. The average molecular weight is 148 g/mol. The summed E-state index contributed by atoms with van der Waals surface area (Å²) in [6, 6.07) is 4.20. The van der Waals surface area contributed by atoms with Gasteiger partial charge in [0.15, 0.2) is 0 Å². The maximum atomic E-state index is 5.77. The number of anilines is 2. The number of nitrogen functional groups attached to an aromatic ring is 1. The maximum absolute atomic E-state index is 5.77. The second kappa shape index (κ2) is 2.16. The molecule has 58 valence electrons. The van der Waals surface area contributed by atoms with Crippen molar-refractivity contribution in [2.75, 3.05) is 17.6 Å². The van der Waals surface area contributed by atoms with Gasteiger partial charge in [-0.05, 0) is 36.6 Å². The van der Waals surface area contributed by atoms with Crippen molar-refractivity contribution in [3.8, 4) is 0 Å². The molecule has 1 aliphatic heterocycles. The fraction of sp³-hybridized carbons (Fsp3) is 0.333. The van der Waals surface area contributed by atoms with Crippen LogP contribution in [0.25, 0.3) is 0 Å². The highest BCUT2D eigenvalue weighted by Crippen LogP contribution is 2.26. The summed E-state index contributed by atoms with van der Waals surface area (Å²) in [5.41, 5.74) is 10.5. The van der Waals surface area contributed by atoms with Crippen molar-refractivity contribution in [1.82, 2.24) is 0 Å². The van der Waals surface area contributed by atoms with Crippen molar-refractivity contribution in [1.29, 1.82) is 0 Å². The van der Waals surface area contributed by atoms with Gasteiger partial charge in [0, 0.05) is 17.9 Å². The minimum Gasteiger partial charge on any atom is -0.399 e. The molecular weight excluding hydrogens is 136 g/mol. The summed E-state index contributed by atoms with van der Waals surface area (Å²) in [6.07, 6.45) is 1.11. The zero-order chi connectivity index (χ0) is 7.84. The van der Waals surface area contributed by atoms with Crippen molar-refractivity contribution in [2.24, 2.45) is 0 Å². The van der Waals surface area contributed by atoms with Gasteiger partial charge in [-0.3, -0.25) is 0 Å². The van der Waals surface area contributed by atoms with Crippen molar-refractivity contribution in [3.63, 3.8) is 0 Å². The van der Waals surface area contributed by atoms with Crippen molar-refractivity contribution in [3.05, 3.63) is 23.3 Å². The Hall–Kier alpha value is -1.18. The Kier molecular flexibility index (Phi) is 1.28. The number of hydrogen-bond acceptors (Lipinski definition) is 2. The lowest BCUT2D eigenvalue weighted by molar-refractivity contribution is 1.11. The van der Waals surface area contributed by atoms with E-state index in [1.165, 1.54) is 11.3 Å². The second-order valence-electron chi connectivity index (χ2n) is 3.04. The van der Waals surface area contributed by atoms with E-state index >= 15 is 0 Å². The van der Waals surface area contributed by atoms with Gasteiger partial charge >= 0.3 is 0 Å². The van der Waals surface area contributed by atoms with Crippen LogP contribution in [0.4, 0.5) is 11.4 Å². The summed E-state index contributed by atoms with van der Waals surface area (Å²) >= 11 is 0. The van der Waals surface area contributed by atoms with Gasteiger partial charge < -0.3 is 11.1 Å². The van der Waals surface area contributed by atoms with Gasteiger partial charge in [-0.25, -0.2) is 0 Å². The summed E-state index contributed by atoms with van der Waals surface area (Å²) in [6.45, 7) is 3.09. The van der Waals surface area contributed by atoms with Crippen LogP contribution in [0.1, 0.15) is 11.1 Å². The molecule has 0 saturated heterocycles. The summed E-state index contributed by atoms with van der Waals surface area (Å²) in [7, 11) is 0. The Balaban J connectivity index is 2.57. The molecule has 0 amide bonds. The standard InChI is InChI=1S/C9H12N2/c1-6-4-9-7(2-3-11-9)5-8(6)10/h4-5,11H,2-3,10H2,1H3. The van der Waals surface area contributed by atoms with E-state index in [9.17, 15) is 0 Å². The van der Waals surface area contributed by atoms with E-state index in [4.69, 9.17) is 5.73 Å². The molecule has 0 aliphatic carbocycles. The first-order valence-electron chi connectivity index (χ1n) is 3.90. The molecule has 1 heterocycles. The van der Waals surface area contributed by atoms with Gasteiger partial charge in [-0.1, -0.05) is 0 Å². The first kappa shape index (κ1) is 6.53. The third kappa shape index (κ3) is 0.946. The average Bonchev–Trinajstić information content (AvgIpc) is 2.36. The van der Waals surface area contributed by atoms with E-state index in [2.05, 4.69) is 17.4 Å². The number of nitrogens with two attached hydrogens (primary N) is 1. The third-order valence-electron chi connectivity index (χ3n) is 2.20. The van der Waals surface area contributed by atoms with Crippen LogP contribution in [0.15, 0.2) is 12.1 Å². The molecule has 0 aromatic heterocycles. The van der Waals surface area contributed by atoms with Gasteiger partial charge in [0.2, 0.25) is 0 Å². The Labute approximate surface area is 66.4 Å². The largest absolute Gasteiger partial charge is 0.399 e. The molecule has 2 nitrogen and oxygen atoms in total. The second-order valence-corrected chi connectivity index (χ2v) is 3.04. The molecule has 0 saturated carbocycles. The van der Waals surface area contributed by atoms with Crippen molar-refractivity contribution in [2.45, 2.75) is 13.3 Å². The lowest BCUT2D eigenvalue weighted by Crippen LogP contribution is -1.92. The van der Waals surface area contributed by atoms with E-state index in [0.29, 0.717) is 0 Å². The van der Waals surface area contributed by atoms with Crippen LogP contribution in [-0.2, 0) is 6.42 Å². The molecule has 0 radical (unpaired) electrons. The predicted molar refractivity (Wildman–Crippen MR) is 47.8 cm³/mol. The molecule has 0 bridgehead atoms. The number of nitrogens with one attached hydrogen (secondary N) is 1. The van der Waals surface area contributed by atoms with Gasteiger partial charge in [0.1, 0.15) is 0 Å². The van der Waals surface area contributed by atoms with Crippen LogP contribution in [0, 0.1) is 6.92 Å². The van der Waals surface area contributed by atoms with Gasteiger partial charge in [-0.2, -0.15) is 0 Å². The lowest BCUT2D eigenvalue weighted by atomic mass is 10.1. The highest BCUT2D eigenvalue weighted by Gasteiger charge is 2.10. The van der Waals surface area contributed by atoms with E-state index in [-0.39, 0.29) is 0 Å². The molecule has 0 unspecified atom stereocenters. The van der Waals surface area contributed by atoms with Crippen LogP contribution in [0.3, 0.4) is 0 Å². The zero-order valence-corrected chi connectivity index (χ0v) is 6.65. The Morgan fingerprint density at radius 3 is 3.09 bits per heavy atom. The minimum absolute atomic E-state index is 0.910. The first-order valence-corrected chi connectivity index (χ1v) is 3.90. The van der Waals surface area contributed by atoms with E-state index < -0.39 is 0 Å². The number of fused-ring (bicyclic) bond motifs is 1. The Bertz CT molecular complexity index is 263. The van der Waals surface area contributed by atoms with Gasteiger partial charge in [0.25, 0.3) is 0 Å². The monoisotopic (exact) mass is 148 g/mol. The number of rotatable bonds is 0. The fourth-order valence-corrected chi connectivity index (χ4v) is 1.48. The Morgan fingerprint density at radius 2 is 2.27 bits per heavy atom. The summed E-state index contributed by atoms with van der Waals surface area (Å²) in [4.78, 5) is 0. The molecule has 1 aromatic rings. The summed E-state index contributed by atoms with van der Waals surface area (Å²) in [5, 5.41) is 3.31. The summed E-state index contributed by atoms with van der Waals surface area (Å²) < 4.78 is 0. The SMILES string of the molecule is Cc1cc2c(cc1N)CCN2. The van der Waals surface area contributed by atoms with Gasteiger partial charge in [-0.15, -0.1) is 0 Å². The molecule has 1 aliphatic rings. The van der Waals surface area contributed by atoms with E-state index in [1.807, 2.05) is 6.92 Å². The predicted octanol–water partition coefficient (Wildman–Crippen LogP) is 1.55. The number of benzene rings is 1. The highest BCUT2D eigenvalue weighted by molar-refractivity contribution is 5.64. The van der Waals surface area contributed by atoms with Crippen LogP contribution in [0.5, 0.6) is 0 Å². The molecule has 0 atom stereocenters. The third-order valence-corrected chi connectivity index (χ3v) is 2.20. The summed E-state index contributed by atoms with van der Waals surface area (Å²) in [5.74, 6) is 0. The van der Waals surface area contributed by atoms with Crippen molar-refractivity contribution >= 4 is 11.4 Å². The number of aryl methyl sites for hydroxylation is 1. The van der Waals surface area contributed by atoms with Crippen LogP contribution in [0.2, 0.25) is 0 Å². The van der Waals surface area contributed by atoms with Gasteiger partial charge in [0.05, 0.1) is 0 Å². The smallest absolute Gasteiger partial charge is 0.0377 e. The molecule has 1 aromatic carbocycles. The van der Waals surface area contributed by atoms with Crippen LogP contribution in [-0.4, -0.2) is 6.54 Å². The lowest BCUT2D eigenvalue weighted by Gasteiger charge is -2.03. The van der Waals surface area contributed by atoms with E-state index in [1.54, 1.807) is 0 Å². The molecule has 0 fully saturated rings. The maximum Gasteiger partial charge on any atom is 0.0377 e. The van der Waals surface area contributed by atoms with Crippen LogP contribution < -0.4 is 11.1 Å². The topological polar surface area (TPSA) is 38.0 Å². The zero-order valence-electron chi connectivity index (χ0n) is 6.65. The molecule has 0 spiro atoms. The molecular formula is C9H12N2. The number of hydrogen-bond donors (Lipinski definition) is 2. The normalized spacial score (nSPS) is 14.3. The first-order chi connectivity index (χ1) is 5.27. The molecule has 2 heteroatoms. The minimum atomic E-state index is 0.910.